The number of halogens is 2. The number of benzene rings is 2. The van der Waals surface area contributed by atoms with E-state index in [0.29, 0.717) is 23.0 Å². The molecule has 0 aromatic heterocycles. The van der Waals surface area contributed by atoms with Crippen LogP contribution in [0.1, 0.15) is 30.4 Å². The Morgan fingerprint density at radius 1 is 1.04 bits per heavy atom. The molecule has 1 fully saturated rings. The van der Waals surface area contributed by atoms with Crippen molar-refractivity contribution in [3.8, 4) is 0 Å². The second kappa shape index (κ2) is 7.70. The van der Waals surface area contributed by atoms with Gasteiger partial charge in [0.25, 0.3) is 0 Å². The highest BCUT2D eigenvalue weighted by Crippen LogP contribution is 2.33. The normalized spacial score (nSPS) is 19.6. The molecule has 4 rings (SSSR count). The molecule has 2 heterocycles. The Kier molecular flexibility index (Phi) is 5.31. The first-order valence-electron chi connectivity index (χ1n) is 9.32. The lowest BCUT2D eigenvalue weighted by Gasteiger charge is -2.44. The van der Waals surface area contributed by atoms with Crippen LogP contribution in [0.4, 0.5) is 5.69 Å². The fourth-order valence-corrected chi connectivity index (χ4v) is 4.66. The molecule has 1 amide bonds. The van der Waals surface area contributed by atoms with Crippen molar-refractivity contribution >= 4 is 34.8 Å². The summed E-state index contributed by atoms with van der Waals surface area (Å²) in [6, 6.07) is 13.9. The van der Waals surface area contributed by atoms with Crippen molar-refractivity contribution in [1.29, 1.82) is 0 Å². The Hall–Kier alpha value is -1.75. The zero-order chi connectivity index (χ0) is 18.9. The van der Waals surface area contributed by atoms with E-state index in [9.17, 15) is 4.79 Å². The minimum absolute atomic E-state index is 0.118. The average Bonchev–Trinajstić information content (AvgIpc) is 2.61. The van der Waals surface area contributed by atoms with E-state index >= 15 is 0 Å². The summed E-state index contributed by atoms with van der Waals surface area (Å²) in [5.41, 5.74) is 3.20. The molecule has 0 aliphatic carbocycles. The van der Waals surface area contributed by atoms with E-state index in [0.717, 1.165) is 49.3 Å². The fraction of sp³-hybridized carbons (Fsp3) is 0.381. The van der Waals surface area contributed by atoms with Gasteiger partial charge in [0.05, 0.1) is 0 Å². The van der Waals surface area contributed by atoms with Gasteiger partial charge in [0.2, 0.25) is 5.91 Å². The highest BCUT2D eigenvalue weighted by molar-refractivity contribution is 6.34. The van der Waals surface area contributed by atoms with Gasteiger partial charge in [0, 0.05) is 53.9 Å². The molecule has 2 aliphatic rings. The predicted molar refractivity (Wildman–Crippen MR) is 110 cm³/mol. The van der Waals surface area contributed by atoms with Crippen molar-refractivity contribution in [2.24, 2.45) is 0 Å². The zero-order valence-corrected chi connectivity index (χ0v) is 16.6. The Labute approximate surface area is 169 Å². The first-order chi connectivity index (χ1) is 13.0. The number of carbonyl (C=O) groups is 1. The van der Waals surface area contributed by atoms with Crippen molar-refractivity contribution in [3.63, 3.8) is 0 Å². The number of anilines is 1. The lowest BCUT2D eigenvalue weighted by atomic mass is 9.82. The summed E-state index contributed by atoms with van der Waals surface area (Å²) in [6.07, 6.45) is 2.35. The van der Waals surface area contributed by atoms with Gasteiger partial charge in [-0.15, -0.1) is 0 Å². The van der Waals surface area contributed by atoms with Gasteiger partial charge in [0.15, 0.2) is 0 Å². The number of hydrogen-bond donors (Lipinski definition) is 2. The van der Waals surface area contributed by atoms with Crippen LogP contribution in [-0.2, 0) is 17.9 Å². The molecule has 0 unspecified atom stereocenters. The van der Waals surface area contributed by atoms with Crippen molar-refractivity contribution < 1.29 is 4.79 Å². The molecular weight excluding hydrogens is 381 g/mol. The number of nitrogens with one attached hydrogen (secondary N) is 2. The Balaban J connectivity index is 1.47. The molecule has 1 spiro atoms. The number of rotatable bonds is 2. The molecule has 2 N–H and O–H groups in total. The topological polar surface area (TPSA) is 44.4 Å². The van der Waals surface area contributed by atoms with Gasteiger partial charge in [-0.1, -0.05) is 41.4 Å². The van der Waals surface area contributed by atoms with Crippen LogP contribution < -0.4 is 10.6 Å². The second-order valence-corrected chi connectivity index (χ2v) is 8.44. The molecule has 2 aliphatic heterocycles. The molecule has 6 heteroatoms. The highest BCUT2D eigenvalue weighted by atomic mass is 35.5. The van der Waals surface area contributed by atoms with E-state index in [1.807, 2.05) is 24.3 Å². The summed E-state index contributed by atoms with van der Waals surface area (Å²) in [5, 5.41) is 8.11. The average molecular weight is 404 g/mol. The van der Waals surface area contributed by atoms with Gasteiger partial charge >= 0.3 is 0 Å². The third-order valence-corrected chi connectivity index (χ3v) is 5.97. The third-order valence-electron chi connectivity index (χ3n) is 5.53. The van der Waals surface area contributed by atoms with Gasteiger partial charge in [-0.3, -0.25) is 9.69 Å². The first kappa shape index (κ1) is 18.6. The quantitative estimate of drug-likeness (QED) is 0.777. The molecule has 27 heavy (non-hydrogen) atoms. The van der Waals surface area contributed by atoms with Crippen LogP contribution in [0.15, 0.2) is 42.5 Å². The summed E-state index contributed by atoms with van der Waals surface area (Å²) in [6.45, 7) is 3.25. The van der Waals surface area contributed by atoms with Gasteiger partial charge in [-0.05, 0) is 48.2 Å². The van der Waals surface area contributed by atoms with Crippen LogP contribution in [0.3, 0.4) is 0 Å². The third kappa shape index (κ3) is 4.40. The van der Waals surface area contributed by atoms with Crippen LogP contribution in [0, 0.1) is 0 Å². The van der Waals surface area contributed by atoms with Crippen LogP contribution in [0.25, 0.3) is 0 Å². The number of amides is 1. The standard InChI is InChI=1S/C21H23Cl2N3O/c22-17-9-15(10-18(23)11-17)14-26-7-5-21(6-8-26)12-20(27)24-13-16-3-1-2-4-19(16)25-21/h1-4,9-11,25H,5-8,12-14H2,(H,24,27). The zero-order valence-electron chi connectivity index (χ0n) is 15.1. The molecule has 4 nitrogen and oxygen atoms in total. The number of piperidine rings is 1. The van der Waals surface area contributed by atoms with Crippen LogP contribution in [0.2, 0.25) is 10.0 Å². The number of fused-ring (bicyclic) bond motifs is 1. The van der Waals surface area contributed by atoms with Crippen molar-refractivity contribution in [2.75, 3.05) is 18.4 Å². The highest BCUT2D eigenvalue weighted by Gasteiger charge is 2.37. The smallest absolute Gasteiger partial charge is 0.222 e. The fourth-order valence-electron chi connectivity index (χ4n) is 4.09. The number of para-hydroxylation sites is 1. The molecule has 0 radical (unpaired) electrons. The summed E-state index contributed by atoms with van der Waals surface area (Å²) in [7, 11) is 0. The number of likely N-dealkylation sites (tertiary alicyclic amines) is 1. The number of carbonyl (C=O) groups excluding carboxylic acids is 1. The van der Waals surface area contributed by atoms with E-state index in [1.54, 1.807) is 6.07 Å². The maximum absolute atomic E-state index is 12.4. The summed E-state index contributed by atoms with van der Waals surface area (Å²) >= 11 is 12.2. The van der Waals surface area contributed by atoms with E-state index in [1.165, 1.54) is 0 Å². The maximum atomic E-state index is 12.4. The van der Waals surface area contributed by atoms with Crippen LogP contribution >= 0.6 is 23.2 Å². The summed E-state index contributed by atoms with van der Waals surface area (Å²) in [5.74, 6) is 0.118. The Morgan fingerprint density at radius 3 is 2.48 bits per heavy atom. The molecule has 2 aromatic carbocycles. The lowest BCUT2D eigenvalue weighted by molar-refractivity contribution is -0.122. The maximum Gasteiger partial charge on any atom is 0.222 e. The molecule has 2 aromatic rings. The van der Waals surface area contributed by atoms with E-state index in [4.69, 9.17) is 23.2 Å². The van der Waals surface area contributed by atoms with Gasteiger partial charge in [0.1, 0.15) is 0 Å². The van der Waals surface area contributed by atoms with Gasteiger partial charge in [-0.25, -0.2) is 0 Å². The second-order valence-electron chi connectivity index (χ2n) is 7.57. The molecule has 142 valence electrons. The summed E-state index contributed by atoms with van der Waals surface area (Å²) < 4.78 is 0. The van der Waals surface area contributed by atoms with E-state index in [-0.39, 0.29) is 11.4 Å². The first-order valence-corrected chi connectivity index (χ1v) is 10.1. The number of nitrogens with zero attached hydrogens (tertiary/aromatic N) is 1. The largest absolute Gasteiger partial charge is 0.379 e. The lowest BCUT2D eigenvalue weighted by Crippen LogP contribution is -2.52. The van der Waals surface area contributed by atoms with Crippen LogP contribution in [0.5, 0.6) is 0 Å². The summed E-state index contributed by atoms with van der Waals surface area (Å²) in [4.78, 5) is 14.8. The van der Waals surface area contributed by atoms with Crippen LogP contribution in [-0.4, -0.2) is 29.4 Å². The molecule has 0 bridgehead atoms. The molecule has 0 saturated carbocycles. The van der Waals surface area contributed by atoms with Crippen molar-refractivity contribution in [1.82, 2.24) is 10.2 Å². The minimum Gasteiger partial charge on any atom is -0.379 e. The Morgan fingerprint density at radius 2 is 1.74 bits per heavy atom. The Bertz CT molecular complexity index is 827. The monoisotopic (exact) mass is 403 g/mol. The van der Waals surface area contributed by atoms with Crippen molar-refractivity contribution in [2.45, 2.75) is 37.9 Å². The molecule has 1 saturated heterocycles. The van der Waals surface area contributed by atoms with E-state index in [2.05, 4.69) is 27.7 Å². The van der Waals surface area contributed by atoms with E-state index < -0.39 is 0 Å². The predicted octanol–water partition coefficient (Wildman–Crippen LogP) is 4.46. The molecule has 0 atom stereocenters. The molecular formula is C21H23Cl2N3O. The van der Waals surface area contributed by atoms with Crippen molar-refractivity contribution in [3.05, 3.63) is 63.6 Å². The van der Waals surface area contributed by atoms with Gasteiger partial charge < -0.3 is 10.6 Å². The minimum atomic E-state index is -0.191. The number of hydrogen-bond acceptors (Lipinski definition) is 3. The van der Waals surface area contributed by atoms with Gasteiger partial charge in [-0.2, -0.15) is 0 Å². The SMILES string of the molecule is O=C1CC2(CCN(Cc3cc(Cl)cc(Cl)c3)CC2)Nc2ccccc2CN1.